The van der Waals surface area contributed by atoms with Gasteiger partial charge in [0.2, 0.25) is 11.8 Å². The number of hydrogen-bond acceptors (Lipinski definition) is 5. The normalized spacial score (nSPS) is 18.1. The summed E-state index contributed by atoms with van der Waals surface area (Å²) in [5, 5.41) is 2.90. The number of methoxy groups -OCH3 is 1. The maximum Gasteiger partial charge on any atom is 0.229 e. The van der Waals surface area contributed by atoms with E-state index in [1.54, 1.807) is 24.1 Å². The lowest BCUT2D eigenvalue weighted by Gasteiger charge is -2.22. The van der Waals surface area contributed by atoms with E-state index in [1.165, 1.54) is 0 Å². The predicted molar refractivity (Wildman–Crippen MR) is 104 cm³/mol. The van der Waals surface area contributed by atoms with Crippen LogP contribution in [0.3, 0.4) is 0 Å². The van der Waals surface area contributed by atoms with E-state index >= 15 is 0 Å². The second-order valence-electron chi connectivity index (χ2n) is 6.93. The van der Waals surface area contributed by atoms with Crippen LogP contribution >= 0.6 is 0 Å². The molecule has 7 heteroatoms. The minimum absolute atomic E-state index is 0.0898. The Labute approximate surface area is 163 Å². The quantitative estimate of drug-likeness (QED) is 0.880. The Morgan fingerprint density at radius 3 is 2.71 bits per heavy atom. The molecule has 1 unspecified atom stereocenters. The van der Waals surface area contributed by atoms with Gasteiger partial charge < -0.3 is 24.4 Å². The first kappa shape index (κ1) is 18.2. The van der Waals surface area contributed by atoms with Crippen LogP contribution in [0, 0.1) is 12.8 Å². The van der Waals surface area contributed by atoms with Gasteiger partial charge >= 0.3 is 0 Å². The first-order valence-corrected chi connectivity index (χ1v) is 9.20. The molecule has 28 heavy (non-hydrogen) atoms. The number of carbonyl (C=O) groups is 2. The molecule has 0 aromatic heterocycles. The Balaban J connectivity index is 1.49. The molecule has 2 aromatic carbocycles. The highest BCUT2D eigenvalue weighted by atomic mass is 16.6. The average Bonchev–Trinajstić information content (AvgIpc) is 3.09. The largest absolute Gasteiger partial charge is 0.495 e. The minimum Gasteiger partial charge on any atom is -0.495 e. The van der Waals surface area contributed by atoms with Crippen LogP contribution in [0.1, 0.15) is 12.0 Å². The van der Waals surface area contributed by atoms with Crippen LogP contribution in [-0.4, -0.2) is 38.7 Å². The van der Waals surface area contributed by atoms with Gasteiger partial charge in [-0.2, -0.15) is 0 Å². The van der Waals surface area contributed by atoms with Gasteiger partial charge in [-0.1, -0.05) is 6.07 Å². The highest BCUT2D eigenvalue weighted by Crippen LogP contribution is 2.36. The Morgan fingerprint density at radius 2 is 1.93 bits per heavy atom. The first-order chi connectivity index (χ1) is 13.5. The molecule has 0 aliphatic carbocycles. The molecule has 1 fully saturated rings. The van der Waals surface area contributed by atoms with Crippen LogP contribution < -0.4 is 24.4 Å². The number of nitrogens with one attached hydrogen (secondary N) is 1. The number of amides is 2. The third-order valence-electron chi connectivity index (χ3n) is 4.95. The molecule has 0 spiro atoms. The molecule has 2 aliphatic heterocycles. The van der Waals surface area contributed by atoms with E-state index in [9.17, 15) is 9.59 Å². The Kier molecular flexibility index (Phi) is 4.81. The van der Waals surface area contributed by atoms with Crippen molar-refractivity contribution in [3.8, 4) is 17.2 Å². The summed E-state index contributed by atoms with van der Waals surface area (Å²) in [4.78, 5) is 26.9. The number of fused-ring (bicyclic) bond motifs is 1. The Hall–Kier alpha value is -3.22. The van der Waals surface area contributed by atoms with Crippen LogP contribution in [0.4, 0.5) is 11.4 Å². The molecular weight excluding hydrogens is 360 g/mol. The smallest absolute Gasteiger partial charge is 0.229 e. The summed E-state index contributed by atoms with van der Waals surface area (Å²) >= 11 is 0. The summed E-state index contributed by atoms with van der Waals surface area (Å²) in [6, 6.07) is 11.0. The number of hydrogen-bond donors (Lipinski definition) is 1. The van der Waals surface area contributed by atoms with Gasteiger partial charge in [0.15, 0.2) is 11.5 Å². The molecule has 0 radical (unpaired) electrons. The van der Waals surface area contributed by atoms with Crippen molar-refractivity contribution >= 4 is 23.2 Å². The van der Waals surface area contributed by atoms with Crippen molar-refractivity contribution in [2.24, 2.45) is 5.92 Å². The van der Waals surface area contributed by atoms with E-state index in [0.717, 1.165) is 5.56 Å². The average molecular weight is 382 g/mol. The molecule has 4 rings (SSSR count). The number of ether oxygens (including phenoxy) is 3. The van der Waals surface area contributed by atoms with Gasteiger partial charge in [-0.05, 0) is 36.8 Å². The van der Waals surface area contributed by atoms with Gasteiger partial charge in [-0.25, -0.2) is 0 Å². The SMILES string of the molecule is COc1ccc(C)cc1NC(=O)C1CC(=O)N(c2ccc3c(c2)OCCO3)C1. The van der Waals surface area contributed by atoms with E-state index < -0.39 is 5.92 Å². The number of anilines is 2. The van der Waals surface area contributed by atoms with Crippen molar-refractivity contribution in [1.82, 2.24) is 0 Å². The van der Waals surface area contributed by atoms with Gasteiger partial charge in [-0.15, -0.1) is 0 Å². The lowest BCUT2D eigenvalue weighted by Crippen LogP contribution is -2.28. The molecule has 0 saturated carbocycles. The zero-order chi connectivity index (χ0) is 19.7. The summed E-state index contributed by atoms with van der Waals surface area (Å²) < 4.78 is 16.4. The molecule has 2 amide bonds. The van der Waals surface area contributed by atoms with Crippen molar-refractivity contribution in [2.45, 2.75) is 13.3 Å². The lowest BCUT2D eigenvalue weighted by atomic mass is 10.1. The maximum atomic E-state index is 12.8. The molecule has 7 nitrogen and oxygen atoms in total. The number of aryl methyl sites for hydroxylation is 1. The van der Waals surface area contributed by atoms with Crippen LogP contribution in [0.25, 0.3) is 0 Å². The summed E-state index contributed by atoms with van der Waals surface area (Å²) in [7, 11) is 1.56. The fraction of sp³-hybridized carbons (Fsp3) is 0.333. The summed E-state index contributed by atoms with van der Waals surface area (Å²) in [5.41, 5.74) is 2.33. The molecule has 1 atom stereocenters. The highest BCUT2D eigenvalue weighted by molar-refractivity contribution is 6.04. The zero-order valence-corrected chi connectivity index (χ0v) is 15.9. The molecule has 0 bridgehead atoms. The zero-order valence-electron chi connectivity index (χ0n) is 15.9. The molecular formula is C21H22N2O5. The van der Waals surface area contributed by atoms with Gasteiger partial charge in [0.25, 0.3) is 0 Å². The summed E-state index contributed by atoms with van der Waals surface area (Å²) in [6.07, 6.45) is 0.161. The third kappa shape index (κ3) is 3.47. The molecule has 2 aromatic rings. The van der Waals surface area contributed by atoms with E-state index in [1.807, 2.05) is 31.2 Å². The monoisotopic (exact) mass is 382 g/mol. The standard InChI is InChI=1S/C21H22N2O5/c1-13-3-5-17(26-2)16(9-13)22-21(25)14-10-20(24)23(12-14)15-4-6-18-19(11-15)28-8-7-27-18/h3-6,9,11,14H,7-8,10,12H2,1-2H3,(H,22,25). The number of rotatable bonds is 4. The second-order valence-corrected chi connectivity index (χ2v) is 6.93. The fourth-order valence-electron chi connectivity index (χ4n) is 3.49. The highest BCUT2D eigenvalue weighted by Gasteiger charge is 2.36. The first-order valence-electron chi connectivity index (χ1n) is 9.20. The Bertz CT molecular complexity index is 927. The molecule has 1 N–H and O–H groups in total. The molecule has 146 valence electrons. The van der Waals surface area contributed by atoms with E-state index in [-0.39, 0.29) is 18.2 Å². The lowest BCUT2D eigenvalue weighted by molar-refractivity contribution is -0.122. The van der Waals surface area contributed by atoms with Gasteiger partial charge in [0.05, 0.1) is 18.7 Å². The van der Waals surface area contributed by atoms with Crippen molar-refractivity contribution in [3.05, 3.63) is 42.0 Å². The Morgan fingerprint density at radius 1 is 1.14 bits per heavy atom. The van der Waals surface area contributed by atoms with Crippen molar-refractivity contribution in [1.29, 1.82) is 0 Å². The van der Waals surface area contributed by atoms with E-state index in [2.05, 4.69) is 5.32 Å². The van der Waals surface area contributed by atoms with Gasteiger partial charge in [0, 0.05) is 24.7 Å². The topological polar surface area (TPSA) is 77.1 Å². The molecule has 2 aliphatic rings. The maximum absolute atomic E-state index is 12.8. The van der Waals surface area contributed by atoms with Gasteiger partial charge in [-0.3, -0.25) is 9.59 Å². The number of benzene rings is 2. The third-order valence-corrected chi connectivity index (χ3v) is 4.95. The van der Waals surface area contributed by atoms with Crippen molar-refractivity contribution < 1.29 is 23.8 Å². The minimum atomic E-state index is -0.439. The van der Waals surface area contributed by atoms with Crippen LogP contribution in [-0.2, 0) is 9.59 Å². The summed E-state index contributed by atoms with van der Waals surface area (Å²) in [5.74, 6) is 1.15. The van der Waals surface area contributed by atoms with E-state index in [0.29, 0.717) is 48.4 Å². The molecule has 2 heterocycles. The summed E-state index contributed by atoms with van der Waals surface area (Å²) in [6.45, 7) is 3.25. The fourth-order valence-corrected chi connectivity index (χ4v) is 3.49. The van der Waals surface area contributed by atoms with Crippen molar-refractivity contribution in [3.63, 3.8) is 0 Å². The van der Waals surface area contributed by atoms with Crippen LogP contribution in [0.5, 0.6) is 17.2 Å². The van der Waals surface area contributed by atoms with Crippen molar-refractivity contribution in [2.75, 3.05) is 37.1 Å². The van der Waals surface area contributed by atoms with E-state index in [4.69, 9.17) is 14.2 Å². The van der Waals surface area contributed by atoms with Crippen LogP contribution in [0.2, 0.25) is 0 Å². The molecule has 1 saturated heterocycles. The number of nitrogens with zero attached hydrogens (tertiary/aromatic N) is 1. The number of carbonyl (C=O) groups excluding carboxylic acids is 2. The second kappa shape index (κ2) is 7.42. The van der Waals surface area contributed by atoms with Gasteiger partial charge in [0.1, 0.15) is 19.0 Å². The predicted octanol–water partition coefficient (Wildman–Crippen LogP) is 2.77. The van der Waals surface area contributed by atoms with Crippen LogP contribution in [0.15, 0.2) is 36.4 Å².